The second kappa shape index (κ2) is 5.18. The quantitative estimate of drug-likeness (QED) is 0.349. The van der Waals surface area contributed by atoms with Crippen LogP contribution in [0.3, 0.4) is 0 Å². The summed E-state index contributed by atoms with van der Waals surface area (Å²) < 4.78 is 3.36. The SMILES string of the molecule is Brc1c(-c2ccccc2)n2c3ccccc3nc2c2ccccc12. The fourth-order valence-corrected chi connectivity index (χ4v) is 4.13. The fraction of sp³-hybridized carbons (Fsp3) is 0. The number of hydrogen-bond donors (Lipinski definition) is 0. The third-order valence-corrected chi connectivity index (χ3v) is 5.25. The van der Waals surface area contributed by atoms with E-state index in [-0.39, 0.29) is 0 Å². The molecule has 0 fully saturated rings. The molecule has 0 atom stereocenters. The smallest absolute Gasteiger partial charge is 0.146 e. The number of aromatic nitrogens is 2. The van der Waals surface area contributed by atoms with Crippen molar-refractivity contribution in [2.24, 2.45) is 0 Å². The molecule has 0 radical (unpaired) electrons. The van der Waals surface area contributed by atoms with Gasteiger partial charge in [0.25, 0.3) is 0 Å². The number of halogens is 1. The molecule has 0 aliphatic rings. The average Bonchev–Trinajstić information content (AvgIpc) is 3.03. The Bertz CT molecular complexity index is 1210. The van der Waals surface area contributed by atoms with Crippen molar-refractivity contribution in [2.75, 3.05) is 0 Å². The van der Waals surface area contributed by atoms with Crippen molar-refractivity contribution >= 4 is 43.4 Å². The summed E-state index contributed by atoms with van der Waals surface area (Å²) >= 11 is 3.86. The Morgan fingerprint density at radius 1 is 0.708 bits per heavy atom. The zero-order chi connectivity index (χ0) is 16.1. The molecule has 3 aromatic carbocycles. The maximum absolute atomic E-state index is 4.91. The number of pyridine rings is 1. The van der Waals surface area contributed by atoms with E-state index in [9.17, 15) is 0 Å². The lowest BCUT2D eigenvalue weighted by atomic mass is 10.1. The van der Waals surface area contributed by atoms with Crippen LogP contribution in [0.2, 0.25) is 0 Å². The maximum atomic E-state index is 4.91. The molecule has 2 aromatic heterocycles. The number of benzene rings is 3. The Kier molecular flexibility index (Phi) is 2.97. The number of rotatable bonds is 1. The first-order valence-electron chi connectivity index (χ1n) is 7.87. The van der Waals surface area contributed by atoms with E-state index in [1.165, 1.54) is 10.9 Å². The minimum atomic E-state index is 0.994. The highest BCUT2D eigenvalue weighted by Crippen LogP contribution is 2.38. The van der Waals surface area contributed by atoms with E-state index in [0.29, 0.717) is 0 Å². The molecule has 3 heteroatoms. The third kappa shape index (κ3) is 1.85. The minimum absolute atomic E-state index is 0.994. The third-order valence-electron chi connectivity index (χ3n) is 4.44. The van der Waals surface area contributed by atoms with Crippen molar-refractivity contribution in [2.45, 2.75) is 0 Å². The van der Waals surface area contributed by atoms with Gasteiger partial charge in [0.05, 0.1) is 21.2 Å². The molecule has 0 amide bonds. The maximum Gasteiger partial charge on any atom is 0.146 e. The van der Waals surface area contributed by atoms with Crippen LogP contribution in [0, 0.1) is 0 Å². The van der Waals surface area contributed by atoms with E-state index in [1.54, 1.807) is 0 Å². The summed E-state index contributed by atoms with van der Waals surface area (Å²) in [7, 11) is 0. The average molecular weight is 373 g/mol. The monoisotopic (exact) mass is 372 g/mol. The van der Waals surface area contributed by atoms with Gasteiger partial charge < -0.3 is 0 Å². The second-order valence-electron chi connectivity index (χ2n) is 5.83. The largest absolute Gasteiger partial charge is 0.291 e. The normalized spacial score (nSPS) is 11.5. The van der Waals surface area contributed by atoms with E-state index in [2.05, 4.69) is 87.1 Å². The second-order valence-corrected chi connectivity index (χ2v) is 6.63. The van der Waals surface area contributed by atoms with Crippen LogP contribution in [0.1, 0.15) is 0 Å². The molecule has 0 saturated heterocycles. The van der Waals surface area contributed by atoms with Crippen molar-refractivity contribution in [3.63, 3.8) is 0 Å². The fourth-order valence-electron chi connectivity index (χ4n) is 3.38. The highest BCUT2D eigenvalue weighted by molar-refractivity contribution is 9.10. The van der Waals surface area contributed by atoms with Crippen LogP contribution in [0.5, 0.6) is 0 Å². The number of imidazole rings is 1. The molecule has 5 aromatic rings. The van der Waals surface area contributed by atoms with Crippen molar-refractivity contribution in [3.8, 4) is 11.3 Å². The lowest BCUT2D eigenvalue weighted by molar-refractivity contribution is 1.24. The summed E-state index contributed by atoms with van der Waals surface area (Å²) in [6.07, 6.45) is 0. The highest BCUT2D eigenvalue weighted by atomic mass is 79.9. The molecular formula is C21H13BrN2. The summed E-state index contributed by atoms with van der Waals surface area (Å²) in [4.78, 5) is 4.91. The molecule has 2 nitrogen and oxygen atoms in total. The van der Waals surface area contributed by atoms with E-state index < -0.39 is 0 Å². The van der Waals surface area contributed by atoms with Gasteiger partial charge in [-0.05, 0) is 33.6 Å². The van der Waals surface area contributed by atoms with Gasteiger partial charge in [0.2, 0.25) is 0 Å². The van der Waals surface area contributed by atoms with Gasteiger partial charge in [0, 0.05) is 10.8 Å². The first-order valence-corrected chi connectivity index (χ1v) is 8.67. The molecule has 0 saturated carbocycles. The van der Waals surface area contributed by atoms with Gasteiger partial charge in [0.15, 0.2) is 0 Å². The van der Waals surface area contributed by atoms with Gasteiger partial charge in [-0.2, -0.15) is 0 Å². The molecule has 0 unspecified atom stereocenters. The van der Waals surface area contributed by atoms with Crippen LogP contribution in [0.4, 0.5) is 0 Å². The lowest BCUT2D eigenvalue weighted by Gasteiger charge is -2.13. The molecule has 2 heterocycles. The van der Waals surface area contributed by atoms with Gasteiger partial charge in [-0.3, -0.25) is 4.40 Å². The summed E-state index contributed by atoms with van der Waals surface area (Å²) in [5.41, 5.74) is 5.44. The van der Waals surface area contributed by atoms with Crippen molar-refractivity contribution < 1.29 is 0 Å². The van der Waals surface area contributed by atoms with Gasteiger partial charge in [-0.25, -0.2) is 4.98 Å². The number of hydrogen-bond acceptors (Lipinski definition) is 1. The predicted octanol–water partition coefficient (Wildman–Crippen LogP) is 6.07. The standard InChI is InChI=1S/C21H13BrN2/c22-19-15-10-4-5-11-16(15)21-23-17-12-6-7-13-18(17)24(21)20(19)14-8-2-1-3-9-14/h1-13H. The van der Waals surface area contributed by atoms with Crippen molar-refractivity contribution in [1.29, 1.82) is 0 Å². The molecule has 0 bridgehead atoms. The van der Waals surface area contributed by atoms with E-state index in [0.717, 1.165) is 32.2 Å². The zero-order valence-corrected chi connectivity index (χ0v) is 14.4. The molecule has 114 valence electrons. The molecule has 0 N–H and O–H groups in total. The zero-order valence-electron chi connectivity index (χ0n) is 12.8. The molecular weight excluding hydrogens is 360 g/mol. The van der Waals surface area contributed by atoms with E-state index >= 15 is 0 Å². The van der Waals surface area contributed by atoms with Gasteiger partial charge >= 0.3 is 0 Å². The van der Waals surface area contributed by atoms with Crippen LogP contribution in [0.25, 0.3) is 38.7 Å². The Morgan fingerprint density at radius 3 is 2.21 bits per heavy atom. The topological polar surface area (TPSA) is 17.3 Å². The van der Waals surface area contributed by atoms with Crippen LogP contribution >= 0.6 is 15.9 Å². The lowest BCUT2D eigenvalue weighted by Crippen LogP contribution is -1.95. The van der Waals surface area contributed by atoms with Crippen LogP contribution in [-0.2, 0) is 0 Å². The first kappa shape index (κ1) is 13.8. The molecule has 0 aliphatic carbocycles. The summed E-state index contributed by atoms with van der Waals surface area (Å²) in [5.74, 6) is 0. The highest BCUT2D eigenvalue weighted by Gasteiger charge is 2.17. The van der Waals surface area contributed by atoms with E-state index in [4.69, 9.17) is 4.98 Å². The van der Waals surface area contributed by atoms with Gasteiger partial charge in [-0.1, -0.05) is 66.7 Å². The summed E-state index contributed by atoms with van der Waals surface area (Å²) in [6, 6.07) is 27.2. The summed E-state index contributed by atoms with van der Waals surface area (Å²) in [6.45, 7) is 0. The Labute approximate surface area is 147 Å². The Balaban J connectivity index is 2.11. The molecule has 24 heavy (non-hydrogen) atoms. The van der Waals surface area contributed by atoms with Crippen molar-refractivity contribution in [1.82, 2.24) is 9.38 Å². The predicted molar refractivity (Wildman–Crippen MR) is 103 cm³/mol. The molecule has 0 aliphatic heterocycles. The van der Waals surface area contributed by atoms with Crippen LogP contribution in [-0.4, -0.2) is 9.38 Å². The minimum Gasteiger partial charge on any atom is -0.291 e. The Hall–Kier alpha value is -2.65. The van der Waals surface area contributed by atoms with Gasteiger partial charge in [0.1, 0.15) is 5.65 Å². The van der Waals surface area contributed by atoms with E-state index in [1.807, 2.05) is 12.1 Å². The van der Waals surface area contributed by atoms with Crippen molar-refractivity contribution in [3.05, 3.63) is 83.3 Å². The Morgan fingerprint density at radius 2 is 1.38 bits per heavy atom. The van der Waals surface area contributed by atoms with Gasteiger partial charge in [-0.15, -0.1) is 0 Å². The first-order chi connectivity index (χ1) is 11.8. The number of nitrogens with zero attached hydrogens (tertiary/aromatic N) is 2. The number of para-hydroxylation sites is 2. The van der Waals surface area contributed by atoms with Crippen LogP contribution < -0.4 is 0 Å². The molecule has 5 rings (SSSR count). The number of fused-ring (bicyclic) bond motifs is 5. The molecule has 0 spiro atoms. The summed E-state index contributed by atoms with van der Waals surface area (Å²) in [5, 5.41) is 2.33. The van der Waals surface area contributed by atoms with Crippen LogP contribution in [0.15, 0.2) is 83.3 Å².